The molecule has 0 spiro atoms. The molecule has 0 aliphatic carbocycles. The van der Waals surface area contributed by atoms with E-state index in [1.54, 1.807) is 0 Å². The first kappa shape index (κ1) is 13.1. The van der Waals surface area contributed by atoms with Crippen LogP contribution < -0.4 is 16.0 Å². The van der Waals surface area contributed by atoms with Gasteiger partial charge < -0.3 is 16.0 Å². The van der Waals surface area contributed by atoms with E-state index in [-0.39, 0.29) is 17.7 Å². The lowest BCUT2D eigenvalue weighted by Crippen LogP contribution is -2.40. The summed E-state index contributed by atoms with van der Waals surface area (Å²) in [6.45, 7) is 2.23. The molecular formula is C15H19N3O2. The van der Waals surface area contributed by atoms with E-state index in [1.165, 1.54) is 11.1 Å². The molecule has 5 nitrogen and oxygen atoms in total. The van der Waals surface area contributed by atoms with E-state index in [9.17, 15) is 9.59 Å². The molecule has 106 valence electrons. The molecule has 1 unspecified atom stereocenters. The van der Waals surface area contributed by atoms with E-state index in [4.69, 9.17) is 0 Å². The molecule has 1 saturated heterocycles. The van der Waals surface area contributed by atoms with Crippen molar-refractivity contribution in [3.63, 3.8) is 0 Å². The average Bonchev–Trinajstić information content (AvgIpc) is 2.48. The summed E-state index contributed by atoms with van der Waals surface area (Å²) < 4.78 is 0. The monoisotopic (exact) mass is 273 g/mol. The number of nitrogens with one attached hydrogen (secondary N) is 3. The maximum Gasteiger partial charge on any atom is 0.229 e. The molecule has 3 rings (SSSR count). The van der Waals surface area contributed by atoms with Crippen LogP contribution in [0.5, 0.6) is 0 Å². The molecule has 20 heavy (non-hydrogen) atoms. The summed E-state index contributed by atoms with van der Waals surface area (Å²) >= 11 is 0. The lowest BCUT2D eigenvalue weighted by molar-refractivity contribution is -0.126. The average molecular weight is 273 g/mol. The minimum atomic E-state index is -0.125. The Labute approximate surface area is 118 Å². The number of rotatable bonds is 2. The van der Waals surface area contributed by atoms with Crippen LogP contribution in [-0.4, -0.2) is 24.9 Å². The highest BCUT2D eigenvalue weighted by Crippen LogP contribution is 2.24. The van der Waals surface area contributed by atoms with Crippen LogP contribution in [0.1, 0.15) is 24.0 Å². The molecule has 1 aromatic rings. The third-order valence-electron chi connectivity index (χ3n) is 4.04. The minimum Gasteiger partial charge on any atom is -0.355 e. The van der Waals surface area contributed by atoms with E-state index in [2.05, 4.69) is 22.0 Å². The summed E-state index contributed by atoms with van der Waals surface area (Å²) in [5.41, 5.74) is 3.39. The van der Waals surface area contributed by atoms with Gasteiger partial charge in [0, 0.05) is 25.2 Å². The van der Waals surface area contributed by atoms with Crippen molar-refractivity contribution >= 4 is 17.5 Å². The normalized spacial score (nSPS) is 21.8. The number of fused-ring (bicyclic) bond motifs is 1. The van der Waals surface area contributed by atoms with E-state index < -0.39 is 0 Å². The van der Waals surface area contributed by atoms with Gasteiger partial charge in [-0.3, -0.25) is 9.59 Å². The standard InChI is InChI=1S/C15H19N3O2/c19-14-5-4-11(8-17-14)15(20)18-13-3-1-2-10-6-7-16-9-12(10)13/h1-3,11,16H,4-9H2,(H,17,19)(H,18,20). The van der Waals surface area contributed by atoms with Gasteiger partial charge in [-0.15, -0.1) is 0 Å². The molecule has 2 amide bonds. The lowest BCUT2D eigenvalue weighted by Gasteiger charge is -2.24. The largest absolute Gasteiger partial charge is 0.355 e. The van der Waals surface area contributed by atoms with Crippen molar-refractivity contribution in [2.75, 3.05) is 18.4 Å². The highest BCUT2D eigenvalue weighted by molar-refractivity contribution is 5.94. The molecule has 5 heteroatoms. The van der Waals surface area contributed by atoms with Crippen LogP contribution in [0, 0.1) is 5.92 Å². The highest BCUT2D eigenvalue weighted by atomic mass is 16.2. The third-order valence-corrected chi connectivity index (χ3v) is 4.04. The van der Waals surface area contributed by atoms with Gasteiger partial charge in [0.25, 0.3) is 0 Å². The summed E-state index contributed by atoms with van der Waals surface area (Å²) in [5, 5.41) is 9.10. The summed E-state index contributed by atoms with van der Waals surface area (Å²) in [6, 6.07) is 6.06. The SMILES string of the molecule is O=C1CCC(C(=O)Nc2cccc3c2CNCC3)CN1. The van der Waals surface area contributed by atoms with E-state index in [1.807, 2.05) is 12.1 Å². The van der Waals surface area contributed by atoms with Gasteiger partial charge in [0.1, 0.15) is 0 Å². The van der Waals surface area contributed by atoms with Crippen molar-refractivity contribution in [1.29, 1.82) is 0 Å². The Balaban J connectivity index is 1.71. The number of carbonyl (C=O) groups is 2. The number of amides is 2. The molecule has 0 radical (unpaired) electrons. The Morgan fingerprint density at radius 1 is 1.30 bits per heavy atom. The highest BCUT2D eigenvalue weighted by Gasteiger charge is 2.25. The van der Waals surface area contributed by atoms with Crippen molar-refractivity contribution in [3.05, 3.63) is 29.3 Å². The van der Waals surface area contributed by atoms with Crippen molar-refractivity contribution in [1.82, 2.24) is 10.6 Å². The van der Waals surface area contributed by atoms with Gasteiger partial charge in [0.2, 0.25) is 11.8 Å². The first-order valence-electron chi connectivity index (χ1n) is 7.13. The Bertz CT molecular complexity index is 532. The van der Waals surface area contributed by atoms with Gasteiger partial charge in [0.05, 0.1) is 5.92 Å². The van der Waals surface area contributed by atoms with E-state index in [0.717, 1.165) is 25.2 Å². The van der Waals surface area contributed by atoms with Crippen molar-refractivity contribution in [2.24, 2.45) is 5.92 Å². The zero-order chi connectivity index (χ0) is 13.9. The van der Waals surface area contributed by atoms with Crippen LogP contribution in [0.2, 0.25) is 0 Å². The molecule has 2 aliphatic heterocycles. The summed E-state index contributed by atoms with van der Waals surface area (Å²) in [6.07, 6.45) is 2.07. The van der Waals surface area contributed by atoms with Gasteiger partial charge in [-0.2, -0.15) is 0 Å². The molecular weight excluding hydrogens is 254 g/mol. The number of benzene rings is 1. The predicted molar refractivity (Wildman–Crippen MR) is 76.2 cm³/mol. The molecule has 3 N–H and O–H groups in total. The van der Waals surface area contributed by atoms with Crippen LogP contribution in [0.4, 0.5) is 5.69 Å². The molecule has 0 aromatic heterocycles. The number of hydrogen-bond donors (Lipinski definition) is 3. The fourth-order valence-electron chi connectivity index (χ4n) is 2.82. The van der Waals surface area contributed by atoms with Crippen LogP contribution in [0.3, 0.4) is 0 Å². The third kappa shape index (κ3) is 2.67. The van der Waals surface area contributed by atoms with Crippen molar-refractivity contribution in [3.8, 4) is 0 Å². The van der Waals surface area contributed by atoms with E-state index in [0.29, 0.717) is 19.4 Å². The number of anilines is 1. The topological polar surface area (TPSA) is 70.2 Å². The molecule has 0 bridgehead atoms. The maximum atomic E-state index is 12.3. The lowest BCUT2D eigenvalue weighted by atomic mass is 9.96. The number of hydrogen-bond acceptors (Lipinski definition) is 3. The van der Waals surface area contributed by atoms with Crippen molar-refractivity contribution < 1.29 is 9.59 Å². The second-order valence-corrected chi connectivity index (χ2v) is 5.40. The molecule has 1 aromatic carbocycles. The summed E-state index contributed by atoms with van der Waals surface area (Å²) in [5.74, 6) is -0.0839. The Morgan fingerprint density at radius 3 is 3.00 bits per heavy atom. The van der Waals surface area contributed by atoms with Crippen LogP contribution >= 0.6 is 0 Å². The van der Waals surface area contributed by atoms with Crippen LogP contribution in [-0.2, 0) is 22.6 Å². The molecule has 1 atom stereocenters. The summed E-state index contributed by atoms with van der Waals surface area (Å²) in [4.78, 5) is 23.4. The second kappa shape index (κ2) is 5.63. The van der Waals surface area contributed by atoms with Gasteiger partial charge in [-0.25, -0.2) is 0 Å². The Kier molecular flexibility index (Phi) is 3.69. The van der Waals surface area contributed by atoms with Crippen LogP contribution in [0.25, 0.3) is 0 Å². The van der Waals surface area contributed by atoms with E-state index >= 15 is 0 Å². The smallest absolute Gasteiger partial charge is 0.229 e. The minimum absolute atomic E-state index is 0.00368. The molecule has 2 heterocycles. The van der Waals surface area contributed by atoms with Gasteiger partial charge >= 0.3 is 0 Å². The fraction of sp³-hybridized carbons (Fsp3) is 0.467. The zero-order valence-corrected chi connectivity index (χ0v) is 11.4. The molecule has 0 saturated carbocycles. The summed E-state index contributed by atoms with van der Waals surface area (Å²) in [7, 11) is 0. The fourth-order valence-corrected chi connectivity index (χ4v) is 2.82. The quantitative estimate of drug-likeness (QED) is 0.746. The molecule has 2 aliphatic rings. The Hall–Kier alpha value is -1.88. The van der Waals surface area contributed by atoms with Gasteiger partial charge in [-0.1, -0.05) is 12.1 Å². The Morgan fingerprint density at radius 2 is 2.20 bits per heavy atom. The van der Waals surface area contributed by atoms with Gasteiger partial charge in [0.15, 0.2) is 0 Å². The van der Waals surface area contributed by atoms with Crippen LogP contribution in [0.15, 0.2) is 18.2 Å². The van der Waals surface area contributed by atoms with Crippen molar-refractivity contribution in [2.45, 2.75) is 25.8 Å². The van der Waals surface area contributed by atoms with Gasteiger partial charge in [-0.05, 0) is 36.6 Å². The predicted octanol–water partition coefficient (Wildman–Crippen LogP) is 0.797. The maximum absolute atomic E-state index is 12.3. The second-order valence-electron chi connectivity index (χ2n) is 5.40. The number of piperidine rings is 1. The zero-order valence-electron chi connectivity index (χ0n) is 11.4. The number of carbonyl (C=O) groups excluding carboxylic acids is 2. The first-order chi connectivity index (χ1) is 9.74. The first-order valence-corrected chi connectivity index (χ1v) is 7.13. The molecule has 1 fully saturated rings.